The van der Waals surface area contributed by atoms with Gasteiger partial charge in [-0.25, -0.2) is 29.3 Å². The molecule has 0 bridgehead atoms. The maximum atomic E-state index is 10.8. The zero-order valence-electron chi connectivity index (χ0n) is 39.9. The van der Waals surface area contributed by atoms with Crippen molar-refractivity contribution >= 4 is 145 Å². The molecular formula is C45H46BClN16O4S8. The Bertz CT molecular complexity index is 3750. The molecule has 6 aromatic heterocycles. The molecule has 9 rings (SSSR count). The molecule has 7 heterocycles. The van der Waals surface area contributed by atoms with Gasteiger partial charge < -0.3 is 26.5 Å². The average molecular weight is 1180 g/mol. The van der Waals surface area contributed by atoms with Crippen molar-refractivity contribution in [2.75, 3.05) is 17.2 Å². The molecule has 1 saturated heterocycles. The van der Waals surface area contributed by atoms with E-state index in [1.165, 1.54) is 23.8 Å². The molecule has 0 radical (unpaired) electrons. The summed E-state index contributed by atoms with van der Waals surface area (Å²) < 4.78 is 15.2. The van der Waals surface area contributed by atoms with Gasteiger partial charge >= 0.3 is 7.12 Å². The molecule has 0 atom stereocenters. The molecule has 0 spiro atoms. The van der Waals surface area contributed by atoms with E-state index in [-0.39, 0.29) is 41.4 Å². The standard InChI is InChI=1S/C19H16N8.C13H11ClN6O2.C12H15BN2O2.CH4.S8/c1-11-6-12(2-3-16(11)21)10-27-18-15(9-24-27)17(25-19(22)26-18)13-4-5-23-14(7-13)8-20;1-7-4-8(2-3-10(7)20(21)22)6-19-12-9(5-16-19)11(14)17-13(15)18-12;1-11(2)12(3,4)17-13(16-11)9-5-6-15-10(7-9)8-14;;1-3-5-7-8-6-4-2/h2-7,9H,10,21H2,1H3,(H2,22,25,26);2-5H,6H2,1H3,(H2,15,17,18);5-7H,1-4H3;1H4;. The molecule has 0 aliphatic carbocycles. The van der Waals surface area contributed by atoms with Crippen LogP contribution < -0.4 is 22.7 Å². The van der Waals surface area contributed by atoms with Gasteiger partial charge in [-0.3, -0.25) is 10.1 Å². The van der Waals surface area contributed by atoms with E-state index in [4.69, 9.17) is 48.6 Å². The molecule has 20 nitrogen and oxygen atoms in total. The molecule has 30 heteroatoms. The van der Waals surface area contributed by atoms with Crippen molar-refractivity contribution in [3.8, 4) is 23.4 Å². The number of benzene rings is 2. The first-order valence-electron chi connectivity index (χ1n) is 21.3. The topological polar surface area (TPSA) is 300 Å². The van der Waals surface area contributed by atoms with Gasteiger partial charge in [-0.05, 0) is 100 Å². The largest absolute Gasteiger partial charge is 0.494 e. The normalized spacial score (nSPS) is 12.6. The van der Waals surface area contributed by atoms with Crippen LogP contribution in [0.2, 0.25) is 5.15 Å². The third kappa shape index (κ3) is 15.4. The summed E-state index contributed by atoms with van der Waals surface area (Å²) in [4.78, 5) is 35.1. The number of nitrogen functional groups attached to an aromatic ring is 3. The van der Waals surface area contributed by atoms with E-state index in [9.17, 15) is 10.1 Å². The highest BCUT2D eigenvalue weighted by atomic mass is 35.5. The van der Waals surface area contributed by atoms with Crippen LogP contribution in [0.5, 0.6) is 0 Å². The van der Waals surface area contributed by atoms with Crippen molar-refractivity contribution in [1.29, 1.82) is 10.5 Å². The fraction of sp³-hybridized carbons (Fsp3) is 0.244. The van der Waals surface area contributed by atoms with Crippen molar-refractivity contribution in [1.82, 2.24) is 49.5 Å². The van der Waals surface area contributed by atoms with Crippen LogP contribution in [-0.2, 0) is 98.1 Å². The average Bonchev–Trinajstić information content (AvgIpc) is 4.03. The van der Waals surface area contributed by atoms with E-state index in [0.717, 1.165) is 38.8 Å². The number of nitrogens with two attached hydrogens (primary N) is 3. The lowest BCUT2D eigenvalue weighted by atomic mass is 9.79. The predicted octanol–water partition coefficient (Wildman–Crippen LogP) is 6.48. The number of halogens is 1. The second-order valence-corrected chi connectivity index (χ2v) is 27.5. The predicted molar refractivity (Wildman–Crippen MR) is 314 cm³/mol. The minimum absolute atomic E-state index is 0. The Morgan fingerprint density at radius 1 is 0.733 bits per heavy atom. The first kappa shape index (κ1) is 59.5. The summed E-state index contributed by atoms with van der Waals surface area (Å²) >= 11 is 15.2. The molecule has 8 aromatic rings. The lowest BCUT2D eigenvalue weighted by Crippen LogP contribution is -2.41. The third-order valence-corrected chi connectivity index (χ3v) is 22.5. The number of nitriles is 2. The summed E-state index contributed by atoms with van der Waals surface area (Å²) in [6.07, 6.45) is 6.44. The number of rotatable bonds is 7. The molecule has 388 valence electrons. The quantitative estimate of drug-likeness (QED) is 0.0506. The SMILES string of the molecule is C.CC1(C)OB(c2ccnc(C#N)c2)OC1(C)C.Cc1cc(Cn2ncc3c(-c4ccnc(C#N)c4)nc(N)nc32)ccc1N.Cc1cc(Cn2ncc3c(Cl)nc(N)nc32)ccc1[N+](=O)[O-].S=S=S=S=S=S=S=S. The Morgan fingerprint density at radius 2 is 1.25 bits per heavy atom. The summed E-state index contributed by atoms with van der Waals surface area (Å²) in [5.74, 6) is 0.210. The van der Waals surface area contributed by atoms with Gasteiger partial charge in [0.15, 0.2) is 11.3 Å². The van der Waals surface area contributed by atoms with Gasteiger partial charge in [0.05, 0.1) is 58.1 Å². The second-order valence-electron chi connectivity index (χ2n) is 16.6. The van der Waals surface area contributed by atoms with Gasteiger partial charge in [-0.15, -0.1) is 0 Å². The van der Waals surface area contributed by atoms with Crippen molar-refractivity contribution < 1.29 is 14.2 Å². The van der Waals surface area contributed by atoms with Crippen LogP contribution in [0.1, 0.15) is 68.8 Å². The van der Waals surface area contributed by atoms with E-state index in [2.05, 4.69) is 62.5 Å². The zero-order chi connectivity index (χ0) is 53.7. The molecule has 0 saturated carbocycles. The molecule has 0 unspecified atom stereocenters. The fourth-order valence-corrected chi connectivity index (χ4v) is 18.1. The summed E-state index contributed by atoms with van der Waals surface area (Å²) in [6, 6.07) is 21.8. The molecule has 1 fully saturated rings. The lowest BCUT2D eigenvalue weighted by Gasteiger charge is -2.32. The van der Waals surface area contributed by atoms with Crippen LogP contribution >= 0.6 is 11.6 Å². The number of hydrogen-bond acceptors (Lipinski definition) is 19. The summed E-state index contributed by atoms with van der Waals surface area (Å²) in [5.41, 5.74) is 25.1. The highest BCUT2D eigenvalue weighted by Gasteiger charge is 2.51. The maximum Gasteiger partial charge on any atom is 0.494 e. The van der Waals surface area contributed by atoms with Crippen molar-refractivity contribution in [3.63, 3.8) is 0 Å². The van der Waals surface area contributed by atoms with Crippen LogP contribution in [0.3, 0.4) is 0 Å². The number of nitrogens with zero attached hydrogens (tertiary/aromatic N) is 13. The Hall–Kier alpha value is -6.35. The molecule has 2 aromatic carbocycles. The van der Waals surface area contributed by atoms with E-state index in [1.54, 1.807) is 107 Å². The number of fused-ring (bicyclic) bond motifs is 2. The fourth-order valence-electron chi connectivity index (χ4n) is 6.88. The monoisotopic (exact) mass is 1180 g/mol. The highest BCUT2D eigenvalue weighted by molar-refractivity contribution is 8.70. The van der Waals surface area contributed by atoms with Crippen LogP contribution in [0, 0.1) is 46.6 Å². The van der Waals surface area contributed by atoms with Gasteiger partial charge in [0.1, 0.15) is 28.7 Å². The van der Waals surface area contributed by atoms with Crippen LogP contribution in [0.15, 0.2) is 85.5 Å². The minimum Gasteiger partial charge on any atom is -0.399 e. The summed E-state index contributed by atoms with van der Waals surface area (Å²) in [7, 11) is 8.69. The summed E-state index contributed by atoms with van der Waals surface area (Å²) in [5, 5.41) is 39.0. The van der Waals surface area contributed by atoms with Gasteiger partial charge in [-0.1, -0.05) is 37.2 Å². The van der Waals surface area contributed by atoms with Crippen molar-refractivity contribution in [2.24, 2.45) is 0 Å². The number of nitro groups is 1. The van der Waals surface area contributed by atoms with Crippen molar-refractivity contribution in [2.45, 2.75) is 73.3 Å². The lowest BCUT2D eigenvalue weighted by molar-refractivity contribution is -0.385. The Morgan fingerprint density at radius 3 is 1.80 bits per heavy atom. The first-order valence-corrected chi connectivity index (χ1v) is 31.0. The van der Waals surface area contributed by atoms with Gasteiger partial charge in [0, 0.05) is 111 Å². The van der Waals surface area contributed by atoms with E-state index in [0.29, 0.717) is 52.4 Å². The Labute approximate surface area is 463 Å². The molecular weight excluding hydrogens is 1130 g/mol. The second kappa shape index (κ2) is 26.9. The molecule has 1 aliphatic rings. The number of aromatic nitrogens is 10. The Balaban J connectivity index is 0.000000197. The molecule has 6 N–H and O–H groups in total. The zero-order valence-corrected chi connectivity index (χ0v) is 47.2. The Kier molecular flexibility index (Phi) is 21.4. The number of aryl methyl sites for hydroxylation is 2. The van der Waals surface area contributed by atoms with E-state index < -0.39 is 12.0 Å². The van der Waals surface area contributed by atoms with Crippen LogP contribution in [0.25, 0.3) is 33.3 Å². The molecule has 75 heavy (non-hydrogen) atoms. The van der Waals surface area contributed by atoms with Gasteiger partial charge in [0.25, 0.3) is 5.69 Å². The van der Waals surface area contributed by atoms with Crippen LogP contribution in [0.4, 0.5) is 23.3 Å². The van der Waals surface area contributed by atoms with Gasteiger partial charge in [0.2, 0.25) is 11.9 Å². The third-order valence-electron chi connectivity index (χ3n) is 11.1. The maximum absolute atomic E-state index is 10.8. The highest BCUT2D eigenvalue weighted by Crippen LogP contribution is 2.36. The number of nitro benzene ring substituents is 1. The number of hydrogen-bond donors (Lipinski definition) is 3. The number of anilines is 3. The van der Waals surface area contributed by atoms with E-state index >= 15 is 0 Å². The molecule has 0 amide bonds. The smallest absolute Gasteiger partial charge is 0.399 e. The van der Waals surface area contributed by atoms with Gasteiger partial charge in [-0.2, -0.15) is 30.7 Å². The van der Waals surface area contributed by atoms with E-state index in [1.807, 2.05) is 71.0 Å². The summed E-state index contributed by atoms with van der Waals surface area (Å²) in [6.45, 7) is 12.6. The van der Waals surface area contributed by atoms with Crippen LogP contribution in [-0.4, -0.2) is 72.7 Å². The number of pyridine rings is 2. The molecule has 1 aliphatic heterocycles. The minimum atomic E-state index is -0.435. The van der Waals surface area contributed by atoms with Crippen molar-refractivity contribution in [3.05, 3.63) is 134 Å². The first-order chi connectivity index (χ1) is 35.3.